The van der Waals surface area contributed by atoms with Gasteiger partial charge in [0.2, 0.25) is 0 Å². The van der Waals surface area contributed by atoms with Crippen molar-refractivity contribution in [1.29, 1.82) is 0 Å². The Bertz CT molecular complexity index is 462. The fraction of sp³-hybridized carbons (Fsp3) is 0.562. The highest BCUT2D eigenvalue weighted by Crippen LogP contribution is 2.19. The van der Waals surface area contributed by atoms with Gasteiger partial charge in [-0.05, 0) is 55.0 Å². The van der Waals surface area contributed by atoms with Gasteiger partial charge < -0.3 is 10.6 Å². The molecule has 20 heavy (non-hydrogen) atoms. The molecule has 0 aliphatic carbocycles. The summed E-state index contributed by atoms with van der Waals surface area (Å²) in [6, 6.07) is 6.28. The second-order valence-corrected chi connectivity index (χ2v) is 6.62. The van der Waals surface area contributed by atoms with Gasteiger partial charge in [0.05, 0.1) is 0 Å². The van der Waals surface area contributed by atoms with Crippen LogP contribution in [0.4, 0.5) is 0 Å². The minimum atomic E-state index is 0.0812. The minimum absolute atomic E-state index is 0.0812. The Morgan fingerprint density at radius 1 is 1.50 bits per heavy atom. The van der Waals surface area contributed by atoms with Gasteiger partial charge in [-0.3, -0.25) is 4.79 Å². The van der Waals surface area contributed by atoms with Crippen molar-refractivity contribution in [2.75, 3.05) is 18.1 Å². The van der Waals surface area contributed by atoms with E-state index in [0.717, 1.165) is 43.0 Å². The number of hydrogen-bond donors (Lipinski definition) is 2. The largest absolute Gasteiger partial charge is 0.350 e. The number of amides is 1. The molecule has 2 rings (SSSR count). The first kappa shape index (κ1) is 15.4. The molecule has 1 aliphatic rings. The quantitative estimate of drug-likeness (QED) is 0.792. The molecule has 0 radical (unpaired) electrons. The molecule has 0 fully saturated rings. The van der Waals surface area contributed by atoms with Crippen LogP contribution in [0.25, 0.3) is 0 Å². The summed E-state index contributed by atoms with van der Waals surface area (Å²) in [6.07, 6.45) is 1.97. The molecule has 0 aromatic heterocycles. The molecule has 1 unspecified atom stereocenters. The summed E-state index contributed by atoms with van der Waals surface area (Å²) in [5.74, 6) is 2.33. The molecule has 1 amide bonds. The normalized spacial score (nSPS) is 15.5. The van der Waals surface area contributed by atoms with Crippen molar-refractivity contribution in [3.63, 3.8) is 0 Å². The molecule has 2 N–H and O–H groups in total. The maximum Gasteiger partial charge on any atom is 0.251 e. The highest BCUT2D eigenvalue weighted by Gasteiger charge is 2.18. The van der Waals surface area contributed by atoms with Crippen LogP contribution in [-0.4, -0.2) is 30.0 Å². The average Bonchev–Trinajstić information content (AvgIpc) is 2.47. The monoisotopic (exact) mass is 292 g/mol. The molecule has 110 valence electrons. The molecule has 0 saturated carbocycles. The van der Waals surface area contributed by atoms with Gasteiger partial charge >= 0.3 is 0 Å². The zero-order chi connectivity index (χ0) is 14.4. The summed E-state index contributed by atoms with van der Waals surface area (Å²) in [6.45, 7) is 6.09. The molecule has 1 aliphatic heterocycles. The van der Waals surface area contributed by atoms with Gasteiger partial charge in [-0.15, -0.1) is 0 Å². The molecule has 1 aromatic rings. The van der Waals surface area contributed by atoms with Crippen molar-refractivity contribution in [2.45, 2.75) is 39.3 Å². The molecule has 0 bridgehead atoms. The van der Waals surface area contributed by atoms with Crippen LogP contribution in [0, 0.1) is 0 Å². The Kier molecular flexibility index (Phi) is 5.92. The van der Waals surface area contributed by atoms with Gasteiger partial charge in [0.15, 0.2) is 0 Å². The van der Waals surface area contributed by atoms with E-state index >= 15 is 0 Å². The zero-order valence-electron chi connectivity index (χ0n) is 12.4. The van der Waals surface area contributed by atoms with Crippen LogP contribution in [0.1, 0.15) is 41.8 Å². The summed E-state index contributed by atoms with van der Waals surface area (Å²) in [7, 11) is 0. The number of fused-ring (bicyclic) bond motifs is 1. The fourth-order valence-electron chi connectivity index (χ4n) is 2.52. The Balaban J connectivity index is 1.99. The van der Waals surface area contributed by atoms with Crippen LogP contribution < -0.4 is 10.6 Å². The molecule has 3 nitrogen and oxygen atoms in total. The van der Waals surface area contributed by atoms with E-state index in [-0.39, 0.29) is 11.9 Å². The summed E-state index contributed by atoms with van der Waals surface area (Å²) in [5.41, 5.74) is 3.34. The van der Waals surface area contributed by atoms with Crippen LogP contribution in [-0.2, 0) is 13.0 Å². The third kappa shape index (κ3) is 4.00. The second-order valence-electron chi connectivity index (χ2n) is 5.23. The van der Waals surface area contributed by atoms with Crippen LogP contribution >= 0.6 is 11.8 Å². The standard InChI is InChI=1S/C16H24N2OS/c1-3-20-10-8-12(2)18-16(19)15-6-4-5-13-11-17-9-7-14(13)15/h4-6,12,17H,3,7-11H2,1-2H3,(H,18,19). The molecule has 0 spiro atoms. The van der Waals surface area contributed by atoms with Gasteiger partial charge in [0, 0.05) is 18.2 Å². The molecule has 4 heteroatoms. The summed E-state index contributed by atoms with van der Waals surface area (Å²) < 4.78 is 0. The lowest BCUT2D eigenvalue weighted by atomic mass is 9.95. The van der Waals surface area contributed by atoms with E-state index in [1.54, 1.807) is 0 Å². The second kappa shape index (κ2) is 7.70. The van der Waals surface area contributed by atoms with E-state index in [1.807, 2.05) is 23.9 Å². The van der Waals surface area contributed by atoms with Crippen LogP contribution in [0.2, 0.25) is 0 Å². The number of carbonyl (C=O) groups is 1. The van der Waals surface area contributed by atoms with Gasteiger partial charge in [0.1, 0.15) is 0 Å². The van der Waals surface area contributed by atoms with Crippen LogP contribution in [0.15, 0.2) is 18.2 Å². The highest BCUT2D eigenvalue weighted by molar-refractivity contribution is 7.99. The summed E-state index contributed by atoms with van der Waals surface area (Å²) in [4.78, 5) is 12.4. The van der Waals surface area contributed by atoms with Gasteiger partial charge in [-0.2, -0.15) is 11.8 Å². The third-order valence-electron chi connectivity index (χ3n) is 3.66. The predicted octanol–water partition coefficient (Wildman–Crippen LogP) is 2.59. The van der Waals surface area contributed by atoms with Crippen molar-refractivity contribution in [1.82, 2.24) is 10.6 Å². The van der Waals surface area contributed by atoms with Gasteiger partial charge in [-0.1, -0.05) is 19.1 Å². The topological polar surface area (TPSA) is 41.1 Å². The predicted molar refractivity (Wildman–Crippen MR) is 86.4 cm³/mol. The number of hydrogen-bond acceptors (Lipinski definition) is 3. The van der Waals surface area contributed by atoms with Gasteiger partial charge in [0.25, 0.3) is 5.91 Å². The highest BCUT2D eigenvalue weighted by atomic mass is 32.2. The maximum absolute atomic E-state index is 12.4. The Hall–Kier alpha value is -1.00. The van der Waals surface area contributed by atoms with E-state index in [4.69, 9.17) is 0 Å². The van der Waals surface area contributed by atoms with Crippen molar-refractivity contribution in [3.05, 3.63) is 34.9 Å². The lowest BCUT2D eigenvalue weighted by molar-refractivity contribution is 0.0938. The molecule has 1 atom stereocenters. The summed E-state index contributed by atoms with van der Waals surface area (Å²) >= 11 is 1.92. The van der Waals surface area contributed by atoms with E-state index in [0.29, 0.717) is 0 Å². The molecule has 0 saturated heterocycles. The van der Waals surface area contributed by atoms with Crippen molar-refractivity contribution >= 4 is 17.7 Å². The van der Waals surface area contributed by atoms with Crippen molar-refractivity contribution in [2.24, 2.45) is 0 Å². The number of thioether (sulfide) groups is 1. The SMILES string of the molecule is CCSCCC(C)NC(=O)c1cccc2c1CCNC2. The van der Waals surface area contributed by atoms with E-state index < -0.39 is 0 Å². The average molecular weight is 292 g/mol. The molecular weight excluding hydrogens is 268 g/mol. The lowest BCUT2D eigenvalue weighted by Crippen LogP contribution is -2.35. The zero-order valence-corrected chi connectivity index (χ0v) is 13.2. The molecule has 1 heterocycles. The first-order valence-electron chi connectivity index (χ1n) is 7.42. The van der Waals surface area contributed by atoms with Crippen molar-refractivity contribution < 1.29 is 4.79 Å². The van der Waals surface area contributed by atoms with E-state index in [9.17, 15) is 4.79 Å². The Morgan fingerprint density at radius 2 is 2.35 bits per heavy atom. The third-order valence-corrected chi connectivity index (χ3v) is 4.59. The first-order chi connectivity index (χ1) is 9.72. The number of carbonyl (C=O) groups excluding carboxylic acids is 1. The number of nitrogens with one attached hydrogen (secondary N) is 2. The Morgan fingerprint density at radius 3 is 3.15 bits per heavy atom. The van der Waals surface area contributed by atoms with Crippen molar-refractivity contribution in [3.8, 4) is 0 Å². The Labute approximate surface area is 125 Å². The van der Waals surface area contributed by atoms with Crippen LogP contribution in [0.5, 0.6) is 0 Å². The maximum atomic E-state index is 12.4. The minimum Gasteiger partial charge on any atom is -0.350 e. The smallest absolute Gasteiger partial charge is 0.251 e. The van der Waals surface area contributed by atoms with Gasteiger partial charge in [-0.25, -0.2) is 0 Å². The van der Waals surface area contributed by atoms with E-state index in [2.05, 4.69) is 30.5 Å². The lowest BCUT2D eigenvalue weighted by Gasteiger charge is -2.21. The summed E-state index contributed by atoms with van der Waals surface area (Å²) in [5, 5.41) is 6.48. The molecular formula is C16H24N2OS. The fourth-order valence-corrected chi connectivity index (χ4v) is 3.33. The molecule has 1 aromatic carbocycles. The first-order valence-corrected chi connectivity index (χ1v) is 8.58. The van der Waals surface area contributed by atoms with Crippen LogP contribution in [0.3, 0.4) is 0 Å². The van der Waals surface area contributed by atoms with E-state index in [1.165, 1.54) is 11.1 Å². The number of rotatable bonds is 6. The number of benzene rings is 1.